The second kappa shape index (κ2) is 5.70. The first kappa shape index (κ1) is 17.2. The molecule has 1 aliphatic heterocycles. The van der Waals surface area contributed by atoms with Gasteiger partial charge < -0.3 is 4.74 Å². The first-order valence-corrected chi connectivity index (χ1v) is 7.67. The molecule has 0 radical (unpaired) electrons. The monoisotopic (exact) mass is 364 g/mol. The van der Waals surface area contributed by atoms with Gasteiger partial charge in [-0.2, -0.15) is 26.3 Å². The van der Waals surface area contributed by atoms with Gasteiger partial charge >= 0.3 is 12.4 Å². The van der Waals surface area contributed by atoms with Crippen molar-refractivity contribution in [3.8, 4) is 0 Å². The first-order valence-electron chi connectivity index (χ1n) is 6.79. The van der Waals surface area contributed by atoms with E-state index in [0.29, 0.717) is 0 Å². The minimum atomic E-state index is -5.66. The highest BCUT2D eigenvalue weighted by Gasteiger charge is 2.75. The number of alkyl halides is 6. The Morgan fingerprint density at radius 3 is 1.92 bits per heavy atom. The van der Waals surface area contributed by atoms with E-state index in [0.717, 1.165) is 23.9 Å². The molecular formula is C16H10F6OS. The van der Waals surface area contributed by atoms with Crippen molar-refractivity contribution in [2.24, 2.45) is 0 Å². The maximum absolute atomic E-state index is 13.6. The smallest absolute Gasteiger partial charge is 0.334 e. The zero-order chi connectivity index (χ0) is 17.6. The second-order valence-electron chi connectivity index (χ2n) is 5.15. The third kappa shape index (κ3) is 2.57. The maximum atomic E-state index is 13.6. The highest BCUT2D eigenvalue weighted by atomic mass is 32.2. The third-order valence-corrected chi connectivity index (χ3v) is 4.85. The molecule has 3 rings (SSSR count). The van der Waals surface area contributed by atoms with Gasteiger partial charge in [0, 0.05) is 10.5 Å². The molecule has 128 valence electrons. The SMILES string of the molecule is FC(F)(F)C1(C(F)(F)F)OC(c2ccccc2)Sc2ccccc21. The average molecular weight is 364 g/mol. The van der Waals surface area contributed by atoms with E-state index in [2.05, 4.69) is 0 Å². The Kier molecular flexibility index (Phi) is 4.08. The van der Waals surface area contributed by atoms with Gasteiger partial charge in [0.05, 0.1) is 0 Å². The minimum absolute atomic E-state index is 0.104. The Hall–Kier alpha value is -1.67. The van der Waals surface area contributed by atoms with E-state index in [1.165, 1.54) is 36.4 Å². The number of hydrogen-bond acceptors (Lipinski definition) is 2. The van der Waals surface area contributed by atoms with Crippen molar-refractivity contribution in [1.82, 2.24) is 0 Å². The van der Waals surface area contributed by atoms with Gasteiger partial charge in [-0.1, -0.05) is 60.3 Å². The Morgan fingerprint density at radius 2 is 1.33 bits per heavy atom. The molecule has 2 aromatic rings. The Balaban J connectivity index is 2.23. The Morgan fingerprint density at radius 1 is 0.792 bits per heavy atom. The van der Waals surface area contributed by atoms with E-state index >= 15 is 0 Å². The summed E-state index contributed by atoms with van der Waals surface area (Å²) in [5.41, 5.74) is -6.48. The highest BCUT2D eigenvalue weighted by Crippen LogP contribution is 2.61. The lowest BCUT2D eigenvalue weighted by Gasteiger charge is -2.43. The van der Waals surface area contributed by atoms with Gasteiger partial charge in [-0.3, -0.25) is 0 Å². The molecule has 1 unspecified atom stereocenters. The summed E-state index contributed by atoms with van der Waals surface area (Å²) in [6, 6.07) is 12.1. The van der Waals surface area contributed by atoms with Crippen molar-refractivity contribution < 1.29 is 31.1 Å². The predicted molar refractivity (Wildman–Crippen MR) is 76.4 cm³/mol. The number of halogens is 6. The standard InChI is InChI=1S/C16H10F6OS/c17-15(18,19)14(16(20,21)22)11-8-4-5-9-12(11)24-13(23-14)10-6-2-1-3-7-10/h1-9,13H. The molecule has 2 aromatic carbocycles. The summed E-state index contributed by atoms with van der Waals surface area (Å²) in [5.74, 6) is 0. The largest absolute Gasteiger partial charge is 0.430 e. The summed E-state index contributed by atoms with van der Waals surface area (Å²) in [6.07, 6.45) is -11.3. The molecule has 0 bridgehead atoms. The van der Waals surface area contributed by atoms with Gasteiger partial charge in [0.2, 0.25) is 0 Å². The molecule has 0 N–H and O–H groups in total. The summed E-state index contributed by atoms with van der Waals surface area (Å²) in [6.45, 7) is 0. The van der Waals surface area contributed by atoms with Crippen molar-refractivity contribution in [3.05, 3.63) is 65.7 Å². The number of hydrogen-bond donors (Lipinski definition) is 0. The zero-order valence-corrected chi connectivity index (χ0v) is 12.7. The molecular weight excluding hydrogens is 354 g/mol. The number of thioether (sulfide) groups is 1. The lowest BCUT2D eigenvalue weighted by atomic mass is 9.91. The molecule has 0 saturated heterocycles. The number of benzene rings is 2. The van der Waals surface area contributed by atoms with Gasteiger partial charge in [-0.15, -0.1) is 0 Å². The summed E-state index contributed by atoms with van der Waals surface area (Å²) in [4.78, 5) is -0.104. The predicted octanol–water partition coefficient (Wildman–Crippen LogP) is 5.83. The molecule has 1 heterocycles. The van der Waals surface area contributed by atoms with Crippen molar-refractivity contribution in [2.45, 2.75) is 28.3 Å². The van der Waals surface area contributed by atoms with Gasteiger partial charge in [0.1, 0.15) is 5.44 Å². The molecule has 8 heteroatoms. The van der Waals surface area contributed by atoms with E-state index in [1.54, 1.807) is 6.07 Å². The van der Waals surface area contributed by atoms with Gasteiger partial charge in [-0.25, -0.2) is 0 Å². The van der Waals surface area contributed by atoms with Crippen LogP contribution in [0.2, 0.25) is 0 Å². The van der Waals surface area contributed by atoms with Crippen molar-refractivity contribution in [1.29, 1.82) is 0 Å². The lowest BCUT2D eigenvalue weighted by molar-refractivity contribution is -0.395. The van der Waals surface area contributed by atoms with Crippen LogP contribution in [0.15, 0.2) is 59.5 Å². The van der Waals surface area contributed by atoms with Crippen LogP contribution in [-0.2, 0) is 10.3 Å². The van der Waals surface area contributed by atoms with Gasteiger partial charge in [-0.05, 0) is 11.6 Å². The molecule has 0 spiro atoms. The van der Waals surface area contributed by atoms with Crippen molar-refractivity contribution >= 4 is 11.8 Å². The molecule has 1 nitrogen and oxygen atoms in total. The fourth-order valence-corrected chi connectivity index (χ4v) is 3.78. The van der Waals surface area contributed by atoms with Crippen LogP contribution in [0.3, 0.4) is 0 Å². The van der Waals surface area contributed by atoms with Gasteiger partial charge in [0.15, 0.2) is 0 Å². The summed E-state index contributed by atoms with van der Waals surface area (Å²) >= 11 is 0.822. The fourth-order valence-electron chi connectivity index (χ4n) is 2.57. The van der Waals surface area contributed by atoms with E-state index < -0.39 is 29.0 Å². The molecule has 0 fully saturated rings. The molecule has 1 aliphatic rings. The molecule has 1 atom stereocenters. The van der Waals surface area contributed by atoms with Crippen LogP contribution < -0.4 is 0 Å². The first-order chi connectivity index (χ1) is 11.2. The quantitative estimate of drug-likeness (QED) is 0.589. The maximum Gasteiger partial charge on any atom is 0.430 e. The summed E-state index contributed by atoms with van der Waals surface area (Å²) in [5, 5.41) is 0. The van der Waals surface area contributed by atoms with Crippen LogP contribution in [0, 0.1) is 0 Å². The van der Waals surface area contributed by atoms with Crippen LogP contribution in [0.25, 0.3) is 0 Å². The highest BCUT2D eigenvalue weighted by molar-refractivity contribution is 7.99. The van der Waals surface area contributed by atoms with E-state index in [9.17, 15) is 26.3 Å². The zero-order valence-electron chi connectivity index (χ0n) is 11.9. The molecule has 24 heavy (non-hydrogen) atoms. The summed E-state index contributed by atoms with van der Waals surface area (Å²) < 4.78 is 86.4. The van der Waals surface area contributed by atoms with Crippen LogP contribution >= 0.6 is 11.8 Å². The Labute approximate surface area is 137 Å². The topological polar surface area (TPSA) is 9.23 Å². The van der Waals surface area contributed by atoms with Crippen LogP contribution in [0.1, 0.15) is 16.6 Å². The van der Waals surface area contributed by atoms with Crippen LogP contribution in [-0.4, -0.2) is 12.4 Å². The van der Waals surface area contributed by atoms with Gasteiger partial charge in [0.25, 0.3) is 5.60 Å². The molecule has 0 aliphatic carbocycles. The van der Waals surface area contributed by atoms with E-state index in [4.69, 9.17) is 4.74 Å². The van der Waals surface area contributed by atoms with Crippen LogP contribution in [0.4, 0.5) is 26.3 Å². The van der Waals surface area contributed by atoms with E-state index in [-0.39, 0.29) is 10.5 Å². The summed E-state index contributed by atoms with van der Waals surface area (Å²) in [7, 11) is 0. The van der Waals surface area contributed by atoms with Crippen molar-refractivity contribution in [3.63, 3.8) is 0 Å². The van der Waals surface area contributed by atoms with Crippen molar-refractivity contribution in [2.75, 3.05) is 0 Å². The third-order valence-electron chi connectivity index (χ3n) is 3.65. The molecule has 0 amide bonds. The van der Waals surface area contributed by atoms with Crippen LogP contribution in [0.5, 0.6) is 0 Å². The number of rotatable bonds is 1. The minimum Gasteiger partial charge on any atom is -0.334 e. The number of ether oxygens (including phenoxy) is 1. The fraction of sp³-hybridized carbons (Fsp3) is 0.250. The normalized spacial score (nSPS) is 20.5. The lowest BCUT2D eigenvalue weighted by Crippen LogP contribution is -2.57. The molecule has 0 aromatic heterocycles. The average Bonchev–Trinajstić information content (AvgIpc) is 2.52. The Bertz CT molecular complexity index is 711. The van der Waals surface area contributed by atoms with E-state index in [1.807, 2.05) is 0 Å². The second-order valence-corrected chi connectivity index (χ2v) is 6.25. The molecule has 0 saturated carbocycles. The number of fused-ring (bicyclic) bond motifs is 1.